The molecule has 136 valence electrons. The summed E-state index contributed by atoms with van der Waals surface area (Å²) in [6, 6.07) is 7.61. The first kappa shape index (κ1) is 19.0. The molecule has 0 spiro atoms. The fourth-order valence-corrected chi connectivity index (χ4v) is 2.78. The molecule has 25 heavy (non-hydrogen) atoms. The molecule has 0 bridgehead atoms. The van der Waals surface area contributed by atoms with Crippen molar-refractivity contribution in [2.45, 2.75) is 37.9 Å². The van der Waals surface area contributed by atoms with E-state index in [2.05, 4.69) is 0 Å². The number of ketones is 1. The summed E-state index contributed by atoms with van der Waals surface area (Å²) in [5.41, 5.74) is 0.496. The largest absolute Gasteiger partial charge is 0.405 e. The molecule has 0 aromatic heterocycles. The van der Waals surface area contributed by atoms with Crippen LogP contribution in [0.3, 0.4) is 0 Å². The summed E-state index contributed by atoms with van der Waals surface area (Å²) in [4.78, 5) is 37.4. The Balaban J connectivity index is 1.87. The molecular formula is C17H19F3N2O3. The lowest BCUT2D eigenvalue weighted by atomic mass is 10.1. The van der Waals surface area contributed by atoms with Crippen LogP contribution in [0.4, 0.5) is 13.2 Å². The van der Waals surface area contributed by atoms with Crippen molar-refractivity contribution in [1.29, 1.82) is 0 Å². The number of halogens is 3. The van der Waals surface area contributed by atoms with Crippen molar-refractivity contribution in [3.8, 4) is 0 Å². The number of hydrogen-bond acceptors (Lipinski definition) is 3. The third kappa shape index (κ3) is 5.58. The molecule has 1 fully saturated rings. The van der Waals surface area contributed by atoms with Gasteiger partial charge in [0.25, 0.3) is 0 Å². The monoisotopic (exact) mass is 356 g/mol. The standard InChI is InChI=1S/C17H19F3N2O3/c18-17(19,20)11-21-16(25)13-7-4-10-22(13)15(24)9-8-14(23)12-5-2-1-3-6-12/h1-3,5-6,13H,4,7-11H2,(H,21,25). The van der Waals surface area contributed by atoms with Crippen molar-refractivity contribution in [3.63, 3.8) is 0 Å². The van der Waals surface area contributed by atoms with Crippen LogP contribution >= 0.6 is 0 Å². The van der Waals surface area contributed by atoms with E-state index in [9.17, 15) is 27.6 Å². The Morgan fingerprint density at radius 2 is 1.80 bits per heavy atom. The molecule has 2 rings (SSSR count). The smallest absolute Gasteiger partial charge is 0.345 e. The second-order valence-corrected chi connectivity index (χ2v) is 5.87. The van der Waals surface area contributed by atoms with Crippen molar-refractivity contribution in [2.24, 2.45) is 0 Å². The molecule has 1 atom stereocenters. The molecule has 1 aliphatic rings. The van der Waals surface area contributed by atoms with Crippen LogP contribution in [0.25, 0.3) is 0 Å². The molecular weight excluding hydrogens is 337 g/mol. The van der Waals surface area contributed by atoms with Gasteiger partial charge >= 0.3 is 6.18 Å². The molecule has 1 aromatic rings. The van der Waals surface area contributed by atoms with Gasteiger partial charge in [-0.25, -0.2) is 0 Å². The van der Waals surface area contributed by atoms with Gasteiger partial charge in [-0.05, 0) is 12.8 Å². The predicted octanol–water partition coefficient (Wildman–Crippen LogP) is 2.32. The van der Waals surface area contributed by atoms with E-state index in [1.165, 1.54) is 4.90 Å². The molecule has 1 aromatic carbocycles. The van der Waals surface area contributed by atoms with Crippen molar-refractivity contribution >= 4 is 17.6 Å². The first-order chi connectivity index (χ1) is 11.8. The van der Waals surface area contributed by atoms with Gasteiger partial charge in [-0.2, -0.15) is 13.2 Å². The molecule has 1 N–H and O–H groups in total. The topological polar surface area (TPSA) is 66.5 Å². The van der Waals surface area contributed by atoms with Crippen LogP contribution in [-0.2, 0) is 9.59 Å². The second-order valence-electron chi connectivity index (χ2n) is 5.87. The summed E-state index contributed by atoms with van der Waals surface area (Å²) < 4.78 is 36.6. The number of Topliss-reactive ketones (excluding diaryl/α,β-unsaturated/α-hetero) is 1. The number of carbonyl (C=O) groups is 3. The number of nitrogens with one attached hydrogen (secondary N) is 1. The zero-order valence-electron chi connectivity index (χ0n) is 13.5. The second kappa shape index (κ2) is 8.13. The van der Waals surface area contributed by atoms with Gasteiger partial charge in [-0.1, -0.05) is 30.3 Å². The average molecular weight is 356 g/mol. The molecule has 2 amide bonds. The van der Waals surface area contributed by atoms with E-state index < -0.39 is 30.6 Å². The Labute approximate surface area is 143 Å². The molecule has 0 saturated carbocycles. The van der Waals surface area contributed by atoms with E-state index in [0.717, 1.165) is 0 Å². The van der Waals surface area contributed by atoms with Crippen molar-refractivity contribution < 1.29 is 27.6 Å². The number of rotatable bonds is 6. The summed E-state index contributed by atoms with van der Waals surface area (Å²) >= 11 is 0. The van der Waals surface area contributed by atoms with Gasteiger partial charge < -0.3 is 10.2 Å². The fourth-order valence-electron chi connectivity index (χ4n) is 2.78. The number of nitrogens with zero attached hydrogens (tertiary/aromatic N) is 1. The molecule has 1 saturated heterocycles. The van der Waals surface area contributed by atoms with E-state index in [1.807, 2.05) is 5.32 Å². The number of carbonyl (C=O) groups excluding carboxylic acids is 3. The van der Waals surface area contributed by atoms with Crippen molar-refractivity contribution in [2.75, 3.05) is 13.1 Å². The van der Waals surface area contributed by atoms with Gasteiger partial charge in [-0.15, -0.1) is 0 Å². The van der Waals surface area contributed by atoms with E-state index in [-0.39, 0.29) is 18.6 Å². The first-order valence-corrected chi connectivity index (χ1v) is 8.00. The summed E-state index contributed by atoms with van der Waals surface area (Å²) in [5, 5.41) is 1.82. The molecule has 8 heteroatoms. The quantitative estimate of drug-likeness (QED) is 0.796. The first-order valence-electron chi connectivity index (χ1n) is 8.00. The maximum atomic E-state index is 12.3. The minimum atomic E-state index is -4.49. The average Bonchev–Trinajstić information content (AvgIpc) is 3.07. The molecule has 0 radical (unpaired) electrons. The SMILES string of the molecule is O=C(CCC(=O)N1CCCC1C(=O)NCC(F)(F)F)c1ccccc1. The van der Waals surface area contributed by atoms with Crippen molar-refractivity contribution in [1.82, 2.24) is 10.2 Å². The van der Waals surface area contributed by atoms with E-state index in [1.54, 1.807) is 30.3 Å². The summed E-state index contributed by atoms with van der Waals surface area (Å²) in [7, 11) is 0. The highest BCUT2D eigenvalue weighted by atomic mass is 19.4. The van der Waals surface area contributed by atoms with Crippen LogP contribution in [0.1, 0.15) is 36.0 Å². The van der Waals surface area contributed by atoms with Gasteiger partial charge in [0.15, 0.2) is 5.78 Å². The minimum Gasteiger partial charge on any atom is -0.345 e. The van der Waals surface area contributed by atoms with Crippen LogP contribution in [0.15, 0.2) is 30.3 Å². The molecule has 1 aliphatic heterocycles. The number of hydrogen-bond donors (Lipinski definition) is 1. The van der Waals surface area contributed by atoms with Crippen LogP contribution in [0.5, 0.6) is 0 Å². The number of benzene rings is 1. The van der Waals surface area contributed by atoms with Gasteiger partial charge in [0.2, 0.25) is 11.8 Å². The Kier molecular flexibility index (Phi) is 6.17. The summed E-state index contributed by atoms with van der Waals surface area (Å²) in [6.45, 7) is -1.11. The lowest BCUT2D eigenvalue weighted by Gasteiger charge is -2.24. The van der Waals surface area contributed by atoms with Gasteiger partial charge in [0, 0.05) is 24.9 Å². The lowest BCUT2D eigenvalue weighted by Crippen LogP contribution is -2.48. The molecule has 0 aliphatic carbocycles. The molecule has 5 nitrogen and oxygen atoms in total. The third-order valence-electron chi connectivity index (χ3n) is 4.00. The molecule has 1 heterocycles. The Morgan fingerprint density at radius 3 is 2.44 bits per heavy atom. The number of amides is 2. The van der Waals surface area contributed by atoms with Gasteiger partial charge in [0.05, 0.1) is 0 Å². The maximum Gasteiger partial charge on any atom is 0.405 e. The van der Waals surface area contributed by atoms with Crippen molar-refractivity contribution in [3.05, 3.63) is 35.9 Å². The van der Waals surface area contributed by atoms with Gasteiger partial charge in [-0.3, -0.25) is 14.4 Å². The highest BCUT2D eigenvalue weighted by Gasteiger charge is 2.36. The van der Waals surface area contributed by atoms with E-state index in [4.69, 9.17) is 0 Å². The minimum absolute atomic E-state index is 0.00373. The van der Waals surface area contributed by atoms with Crippen LogP contribution < -0.4 is 5.32 Å². The predicted molar refractivity (Wildman–Crippen MR) is 83.8 cm³/mol. The lowest BCUT2D eigenvalue weighted by molar-refractivity contribution is -0.144. The number of alkyl halides is 3. The zero-order valence-corrected chi connectivity index (χ0v) is 13.5. The summed E-state index contributed by atoms with van der Waals surface area (Å²) in [6.07, 6.45) is -3.71. The fraction of sp³-hybridized carbons (Fsp3) is 0.471. The Hall–Kier alpha value is -2.38. The van der Waals surface area contributed by atoms with Crippen LogP contribution in [0, 0.1) is 0 Å². The highest BCUT2D eigenvalue weighted by Crippen LogP contribution is 2.20. The molecule has 1 unspecified atom stereocenters. The Morgan fingerprint density at radius 1 is 1.12 bits per heavy atom. The van der Waals surface area contributed by atoms with E-state index in [0.29, 0.717) is 24.9 Å². The zero-order chi connectivity index (χ0) is 18.4. The van der Waals surface area contributed by atoms with Crippen LogP contribution in [-0.4, -0.2) is 47.8 Å². The Bertz CT molecular complexity index is 632. The third-order valence-corrected chi connectivity index (χ3v) is 4.00. The normalized spacial score (nSPS) is 17.4. The van der Waals surface area contributed by atoms with Crippen LogP contribution in [0.2, 0.25) is 0 Å². The number of likely N-dealkylation sites (tertiary alicyclic amines) is 1. The van der Waals surface area contributed by atoms with Gasteiger partial charge in [0.1, 0.15) is 12.6 Å². The highest BCUT2D eigenvalue weighted by molar-refractivity contribution is 5.98. The van der Waals surface area contributed by atoms with E-state index >= 15 is 0 Å². The summed E-state index contributed by atoms with van der Waals surface area (Å²) in [5.74, 6) is -1.39. The maximum absolute atomic E-state index is 12.3.